The Balaban J connectivity index is 1.41. The van der Waals surface area contributed by atoms with Gasteiger partial charge in [-0.15, -0.1) is 11.3 Å². The Bertz CT molecular complexity index is 1040. The van der Waals surface area contributed by atoms with Gasteiger partial charge in [0.25, 0.3) is 0 Å². The Hall–Kier alpha value is -2.84. The Labute approximate surface area is 185 Å². The number of thiazole rings is 1. The topological polar surface area (TPSA) is 72.9 Å². The van der Waals surface area contributed by atoms with Crippen molar-refractivity contribution in [1.82, 2.24) is 15.2 Å². The Morgan fingerprint density at radius 1 is 1.13 bits per heavy atom. The third-order valence-electron chi connectivity index (χ3n) is 5.57. The van der Waals surface area contributed by atoms with Crippen LogP contribution in [0, 0.1) is 0 Å². The maximum absolute atomic E-state index is 12.7. The predicted molar refractivity (Wildman–Crippen MR) is 121 cm³/mol. The molecule has 1 aliphatic heterocycles. The van der Waals surface area contributed by atoms with Crippen molar-refractivity contribution in [3.8, 4) is 17.2 Å². The smallest absolute Gasteiger partial charge is 0.234 e. The fraction of sp³-hybridized carbons (Fsp3) is 0.391. The molecule has 1 aromatic heterocycles. The summed E-state index contributed by atoms with van der Waals surface area (Å²) in [6.07, 6.45) is 2.09. The Morgan fingerprint density at radius 2 is 1.87 bits per heavy atom. The lowest BCUT2D eigenvalue weighted by Gasteiger charge is -2.22. The lowest BCUT2D eigenvalue weighted by Crippen LogP contribution is -2.36. The molecule has 2 heterocycles. The molecule has 31 heavy (non-hydrogen) atoms. The van der Waals surface area contributed by atoms with Crippen LogP contribution in [0.3, 0.4) is 0 Å². The van der Waals surface area contributed by atoms with E-state index < -0.39 is 0 Å². The van der Waals surface area contributed by atoms with Gasteiger partial charge in [-0.2, -0.15) is 0 Å². The van der Waals surface area contributed by atoms with E-state index in [-0.39, 0.29) is 11.9 Å². The number of nitrogens with one attached hydrogen (secondary N) is 1. The second kappa shape index (κ2) is 9.53. The van der Waals surface area contributed by atoms with E-state index in [1.165, 1.54) is 4.70 Å². The van der Waals surface area contributed by atoms with Crippen LogP contribution >= 0.6 is 11.3 Å². The molecule has 164 valence electrons. The molecule has 0 radical (unpaired) electrons. The van der Waals surface area contributed by atoms with Gasteiger partial charge in [0.15, 0.2) is 11.5 Å². The van der Waals surface area contributed by atoms with Crippen LogP contribution in [0.15, 0.2) is 36.4 Å². The van der Waals surface area contributed by atoms with Crippen molar-refractivity contribution in [2.75, 3.05) is 34.4 Å². The van der Waals surface area contributed by atoms with Gasteiger partial charge in [0, 0.05) is 18.2 Å². The van der Waals surface area contributed by atoms with Gasteiger partial charge in [-0.05, 0) is 37.6 Å². The van der Waals surface area contributed by atoms with Gasteiger partial charge in [-0.25, -0.2) is 4.98 Å². The van der Waals surface area contributed by atoms with Crippen molar-refractivity contribution < 1.29 is 19.0 Å². The molecule has 0 spiro atoms. The van der Waals surface area contributed by atoms with E-state index in [4.69, 9.17) is 19.2 Å². The summed E-state index contributed by atoms with van der Waals surface area (Å²) < 4.78 is 17.3. The minimum atomic E-state index is -0.0233. The first kappa shape index (κ1) is 21.4. The number of rotatable bonds is 8. The number of amides is 1. The largest absolute Gasteiger partial charge is 0.496 e. The number of hydrogen-bond donors (Lipinski definition) is 1. The molecule has 1 amide bonds. The molecule has 1 atom stereocenters. The van der Waals surface area contributed by atoms with Crippen LogP contribution in [0.5, 0.6) is 17.2 Å². The highest BCUT2D eigenvalue weighted by molar-refractivity contribution is 7.18. The number of ether oxygens (including phenoxy) is 3. The van der Waals surface area contributed by atoms with E-state index >= 15 is 0 Å². The summed E-state index contributed by atoms with van der Waals surface area (Å²) in [7, 11) is 4.76. The molecule has 7 nitrogen and oxygen atoms in total. The Kier molecular flexibility index (Phi) is 6.58. The summed E-state index contributed by atoms with van der Waals surface area (Å²) in [5.41, 5.74) is 1.86. The molecule has 8 heteroatoms. The third-order valence-corrected chi connectivity index (χ3v) is 6.71. The average Bonchev–Trinajstić information content (AvgIpc) is 3.43. The van der Waals surface area contributed by atoms with Gasteiger partial charge < -0.3 is 19.5 Å². The summed E-state index contributed by atoms with van der Waals surface area (Å²) in [6.45, 7) is 1.59. The van der Waals surface area contributed by atoms with Gasteiger partial charge >= 0.3 is 0 Å². The van der Waals surface area contributed by atoms with E-state index in [1.54, 1.807) is 38.7 Å². The first-order valence-electron chi connectivity index (χ1n) is 10.3. The van der Waals surface area contributed by atoms with Gasteiger partial charge in [-0.3, -0.25) is 9.69 Å². The first-order chi connectivity index (χ1) is 15.1. The number of benzene rings is 2. The quantitative estimate of drug-likeness (QED) is 0.574. The van der Waals surface area contributed by atoms with Crippen LogP contribution in [0.1, 0.15) is 29.5 Å². The molecule has 0 aliphatic carbocycles. The normalized spacial score (nSPS) is 16.4. The molecule has 4 rings (SSSR count). The van der Waals surface area contributed by atoms with Crippen LogP contribution in [-0.4, -0.2) is 50.2 Å². The number of hydrogen-bond acceptors (Lipinski definition) is 7. The number of fused-ring (bicyclic) bond motifs is 1. The van der Waals surface area contributed by atoms with Gasteiger partial charge in [0.1, 0.15) is 10.8 Å². The molecule has 1 fully saturated rings. The molecule has 0 bridgehead atoms. The van der Waals surface area contributed by atoms with Crippen molar-refractivity contribution in [3.63, 3.8) is 0 Å². The minimum Gasteiger partial charge on any atom is -0.496 e. The zero-order valence-electron chi connectivity index (χ0n) is 18.0. The fourth-order valence-corrected chi connectivity index (χ4v) is 5.13. The molecule has 3 aromatic rings. The van der Waals surface area contributed by atoms with Gasteiger partial charge in [0.05, 0.1) is 44.1 Å². The van der Waals surface area contributed by atoms with E-state index in [0.717, 1.165) is 35.5 Å². The highest BCUT2D eigenvalue weighted by Crippen LogP contribution is 2.36. The average molecular weight is 442 g/mol. The van der Waals surface area contributed by atoms with E-state index in [0.29, 0.717) is 30.3 Å². The number of carbonyl (C=O) groups excluding carboxylic acids is 1. The van der Waals surface area contributed by atoms with Crippen LogP contribution in [0.2, 0.25) is 0 Å². The molecule has 0 saturated carbocycles. The maximum atomic E-state index is 12.7. The molecule has 2 aromatic carbocycles. The van der Waals surface area contributed by atoms with E-state index in [2.05, 4.69) is 16.3 Å². The number of carbonyl (C=O) groups is 1. The van der Waals surface area contributed by atoms with E-state index in [1.807, 2.05) is 24.3 Å². The summed E-state index contributed by atoms with van der Waals surface area (Å²) in [5.74, 6) is 1.81. The number of nitrogens with zero attached hydrogens (tertiary/aromatic N) is 2. The standard InChI is InChI=1S/C23H27N3O4S/c1-28-18-12-20(30-3)19(29-2)11-15(18)13-24-22(27)14-26-10-6-8-17(26)23-25-16-7-4-5-9-21(16)31-23/h4-5,7,9,11-12,17H,6,8,10,13-14H2,1-3H3,(H,24,27). The monoisotopic (exact) mass is 441 g/mol. The van der Waals surface area contributed by atoms with Crippen LogP contribution in [0.25, 0.3) is 10.2 Å². The van der Waals surface area contributed by atoms with Crippen molar-refractivity contribution in [2.45, 2.75) is 25.4 Å². The third kappa shape index (κ3) is 4.60. The maximum Gasteiger partial charge on any atom is 0.234 e. The van der Waals surface area contributed by atoms with Crippen LogP contribution in [-0.2, 0) is 11.3 Å². The van der Waals surface area contributed by atoms with Crippen molar-refractivity contribution >= 4 is 27.5 Å². The molecular formula is C23H27N3O4S. The summed E-state index contributed by atoms with van der Waals surface area (Å²) >= 11 is 1.72. The zero-order chi connectivity index (χ0) is 21.8. The lowest BCUT2D eigenvalue weighted by molar-refractivity contribution is -0.122. The van der Waals surface area contributed by atoms with Crippen LogP contribution in [0.4, 0.5) is 0 Å². The molecule has 1 unspecified atom stereocenters. The molecule has 1 aliphatic rings. The van der Waals surface area contributed by atoms with E-state index in [9.17, 15) is 4.79 Å². The summed E-state index contributed by atoms with van der Waals surface area (Å²) in [5, 5.41) is 4.10. The first-order valence-corrected chi connectivity index (χ1v) is 11.1. The number of para-hydroxylation sites is 1. The van der Waals surface area contributed by atoms with Crippen molar-refractivity contribution in [3.05, 3.63) is 47.0 Å². The highest BCUT2D eigenvalue weighted by atomic mass is 32.1. The second-order valence-corrected chi connectivity index (χ2v) is 8.51. The SMILES string of the molecule is COc1cc(OC)c(OC)cc1CNC(=O)CN1CCCC1c1nc2ccccc2s1. The highest BCUT2D eigenvalue weighted by Gasteiger charge is 2.30. The molecule has 1 N–H and O–H groups in total. The number of likely N-dealkylation sites (tertiary alicyclic amines) is 1. The Morgan fingerprint density at radius 3 is 2.61 bits per heavy atom. The van der Waals surface area contributed by atoms with Crippen LogP contribution < -0.4 is 19.5 Å². The number of aromatic nitrogens is 1. The lowest BCUT2D eigenvalue weighted by atomic mass is 10.1. The summed E-state index contributed by atoms with van der Waals surface area (Å²) in [6, 6.07) is 12.0. The summed E-state index contributed by atoms with van der Waals surface area (Å²) in [4.78, 5) is 19.8. The second-order valence-electron chi connectivity index (χ2n) is 7.44. The molecular weight excluding hydrogens is 414 g/mol. The van der Waals surface area contributed by atoms with Crippen molar-refractivity contribution in [2.24, 2.45) is 0 Å². The number of methoxy groups -OCH3 is 3. The minimum absolute atomic E-state index is 0.0233. The zero-order valence-corrected chi connectivity index (χ0v) is 18.8. The van der Waals surface area contributed by atoms with Gasteiger partial charge in [0.2, 0.25) is 5.91 Å². The van der Waals surface area contributed by atoms with Crippen molar-refractivity contribution in [1.29, 1.82) is 0 Å². The predicted octanol–water partition coefficient (Wildman–Crippen LogP) is 3.78. The fourth-order valence-electron chi connectivity index (χ4n) is 3.99. The van der Waals surface area contributed by atoms with Gasteiger partial charge in [-0.1, -0.05) is 12.1 Å². The molecule has 1 saturated heterocycles.